The van der Waals surface area contributed by atoms with E-state index in [1.165, 1.54) is 0 Å². The summed E-state index contributed by atoms with van der Waals surface area (Å²) in [5.41, 5.74) is -2.91. The van der Waals surface area contributed by atoms with Gasteiger partial charge >= 0.3 is 23.5 Å². The van der Waals surface area contributed by atoms with Gasteiger partial charge in [0, 0.05) is 12.3 Å². The Morgan fingerprint density at radius 2 is 1.84 bits per heavy atom. The fourth-order valence-corrected chi connectivity index (χ4v) is 5.71. The number of hydrogen-bond donors (Lipinski definition) is 7. The first kappa shape index (κ1) is 26.2. The first-order valence-corrected chi connectivity index (χ1v) is 12.6. The topological polar surface area (TPSA) is 247 Å². The third kappa shape index (κ3) is 6.48. The molecule has 1 aliphatic heterocycles. The lowest BCUT2D eigenvalue weighted by molar-refractivity contribution is -0.0914. The number of terminal acetylenes is 1. The third-order valence-electron chi connectivity index (χ3n) is 3.65. The Balaban J connectivity index is 2.22. The van der Waals surface area contributed by atoms with Crippen molar-refractivity contribution in [2.45, 2.75) is 24.0 Å². The van der Waals surface area contributed by atoms with Crippen LogP contribution in [-0.4, -0.2) is 63.8 Å². The number of hydrogen-bond acceptors (Lipinski definition) is 11. The third-order valence-corrected chi connectivity index (χ3v) is 7.75. The van der Waals surface area contributed by atoms with E-state index < -0.39 is 59.7 Å². The molecule has 3 unspecified atom stereocenters. The summed E-state index contributed by atoms with van der Waals surface area (Å²) in [7, 11) is -17.0. The number of ether oxygens (including phenoxy) is 1. The van der Waals surface area contributed by atoms with Crippen LogP contribution in [0, 0.1) is 17.1 Å². The molecule has 0 amide bonds. The Hall–Kier alpha value is -1.05. The van der Waals surface area contributed by atoms with Crippen molar-refractivity contribution < 1.29 is 61.4 Å². The molecule has 0 saturated carbocycles. The minimum absolute atomic E-state index is 0.232. The highest BCUT2D eigenvalue weighted by molar-refractivity contribution is 7.71. The van der Waals surface area contributed by atoms with Crippen LogP contribution >= 0.6 is 35.7 Å². The van der Waals surface area contributed by atoms with Gasteiger partial charge in [0.15, 0.2) is 16.6 Å². The summed E-state index contributed by atoms with van der Waals surface area (Å²) in [4.78, 5) is 49.2. The van der Waals surface area contributed by atoms with Crippen molar-refractivity contribution in [3.05, 3.63) is 27.4 Å². The van der Waals surface area contributed by atoms with E-state index in [-0.39, 0.29) is 4.77 Å². The lowest BCUT2D eigenvalue weighted by Gasteiger charge is -2.27. The predicted molar refractivity (Wildman–Crippen MR) is 99.4 cm³/mol. The van der Waals surface area contributed by atoms with E-state index in [9.17, 15) is 33.6 Å². The summed E-state index contributed by atoms with van der Waals surface area (Å²) in [6.07, 6.45) is 1.15. The smallest absolute Gasteiger partial charge is 0.386 e. The number of nitrogens with zero attached hydrogens (tertiary/aromatic N) is 1. The maximum absolute atomic E-state index is 11.9. The molecule has 6 atom stereocenters. The van der Waals surface area contributed by atoms with Crippen molar-refractivity contribution >= 4 is 35.7 Å². The van der Waals surface area contributed by atoms with E-state index in [4.69, 9.17) is 38.1 Å². The fourth-order valence-electron chi connectivity index (χ4n) is 2.40. The molecule has 2 heterocycles. The van der Waals surface area contributed by atoms with Crippen LogP contribution in [0.25, 0.3) is 0 Å². The van der Waals surface area contributed by atoms with Crippen molar-refractivity contribution in [3.8, 4) is 12.3 Å². The highest BCUT2D eigenvalue weighted by atomic mass is 32.1. The number of aromatic nitrogens is 2. The van der Waals surface area contributed by atoms with Crippen molar-refractivity contribution in [3.63, 3.8) is 0 Å². The van der Waals surface area contributed by atoms with Crippen LogP contribution in [0.4, 0.5) is 0 Å². The second-order valence-corrected chi connectivity index (χ2v) is 10.7. The van der Waals surface area contributed by atoms with Crippen LogP contribution in [0.2, 0.25) is 0 Å². The van der Waals surface area contributed by atoms with Crippen molar-refractivity contribution in [1.82, 2.24) is 9.55 Å². The summed E-state index contributed by atoms with van der Waals surface area (Å²) in [6, 6.07) is 1.01. The number of phosphoric ester groups is 1. The van der Waals surface area contributed by atoms with Gasteiger partial charge in [-0.25, -0.2) is 13.7 Å². The molecule has 2 rings (SSSR count). The molecule has 0 radical (unpaired) electrons. The van der Waals surface area contributed by atoms with Gasteiger partial charge in [-0.2, -0.15) is 8.62 Å². The maximum Gasteiger partial charge on any atom is 0.490 e. The lowest BCUT2D eigenvalue weighted by atomic mass is 9.97. The Morgan fingerprint density at radius 3 is 2.35 bits per heavy atom. The molecule has 0 aliphatic carbocycles. The van der Waals surface area contributed by atoms with E-state index in [1.807, 2.05) is 5.92 Å². The van der Waals surface area contributed by atoms with Crippen LogP contribution in [0.3, 0.4) is 0 Å². The van der Waals surface area contributed by atoms with Gasteiger partial charge < -0.3 is 34.5 Å². The first-order chi connectivity index (χ1) is 14.0. The van der Waals surface area contributed by atoms with Crippen LogP contribution in [0.5, 0.6) is 0 Å². The van der Waals surface area contributed by atoms with Gasteiger partial charge in [-0.3, -0.25) is 18.9 Å². The molecule has 0 bridgehead atoms. The summed E-state index contributed by atoms with van der Waals surface area (Å²) < 4.78 is 51.5. The zero-order valence-electron chi connectivity index (χ0n) is 14.8. The Kier molecular flexibility index (Phi) is 7.66. The van der Waals surface area contributed by atoms with Gasteiger partial charge in [0.05, 0.1) is 0 Å². The van der Waals surface area contributed by atoms with Gasteiger partial charge in [0.25, 0.3) is 5.56 Å². The van der Waals surface area contributed by atoms with E-state index in [1.54, 1.807) is 0 Å². The zero-order chi connectivity index (χ0) is 23.8. The van der Waals surface area contributed by atoms with Crippen molar-refractivity contribution in [2.75, 3.05) is 6.61 Å². The SMILES string of the molecule is C#C[C@]1(COP(=O)(O)OP(=O)(O)OP(=O)(O)O)O[C@@H](n2ccc(=O)[nH]c2=S)[C@@H](O)C1O. The molecule has 0 aromatic carbocycles. The summed E-state index contributed by atoms with van der Waals surface area (Å²) in [5.74, 6) is 1.91. The molecule has 1 aromatic rings. The van der Waals surface area contributed by atoms with Crippen molar-refractivity contribution in [1.29, 1.82) is 0 Å². The quantitative estimate of drug-likeness (QED) is 0.121. The van der Waals surface area contributed by atoms with E-state index >= 15 is 0 Å². The Morgan fingerprint density at radius 1 is 1.23 bits per heavy atom. The molecule has 174 valence electrons. The molecule has 7 N–H and O–H groups in total. The fraction of sp³-hybridized carbons (Fsp3) is 0.455. The number of aliphatic hydroxyl groups is 2. The van der Waals surface area contributed by atoms with Gasteiger partial charge in [0.1, 0.15) is 18.8 Å². The highest BCUT2D eigenvalue weighted by Crippen LogP contribution is 2.66. The van der Waals surface area contributed by atoms with Gasteiger partial charge in [-0.15, -0.1) is 6.42 Å². The van der Waals surface area contributed by atoms with Crippen LogP contribution in [-0.2, 0) is 31.6 Å². The van der Waals surface area contributed by atoms with E-state index in [0.29, 0.717) is 0 Å². The van der Waals surface area contributed by atoms with Crippen molar-refractivity contribution in [2.24, 2.45) is 0 Å². The number of aliphatic hydroxyl groups excluding tert-OH is 2. The molecule has 0 spiro atoms. The maximum atomic E-state index is 11.9. The van der Waals surface area contributed by atoms with Crippen LogP contribution in [0.15, 0.2) is 17.1 Å². The lowest BCUT2D eigenvalue weighted by Crippen LogP contribution is -2.45. The largest absolute Gasteiger partial charge is 0.490 e. The summed E-state index contributed by atoms with van der Waals surface area (Å²) in [6.45, 7) is -1.22. The predicted octanol–water partition coefficient (Wildman–Crippen LogP) is -1.13. The number of phosphoric acid groups is 3. The molecule has 20 heteroatoms. The molecule has 1 saturated heterocycles. The second kappa shape index (κ2) is 9.06. The monoisotopic (exact) mass is 524 g/mol. The zero-order valence-corrected chi connectivity index (χ0v) is 18.3. The summed E-state index contributed by atoms with van der Waals surface area (Å²) >= 11 is 4.92. The number of aromatic amines is 1. The minimum atomic E-state index is -5.78. The molecule has 1 aliphatic rings. The molecule has 31 heavy (non-hydrogen) atoms. The number of rotatable bonds is 8. The second-order valence-electron chi connectivity index (χ2n) is 5.86. The summed E-state index contributed by atoms with van der Waals surface area (Å²) in [5, 5.41) is 20.6. The molecular weight excluding hydrogens is 509 g/mol. The minimum Gasteiger partial charge on any atom is -0.386 e. The van der Waals surface area contributed by atoms with Gasteiger partial charge in [0.2, 0.25) is 0 Å². The van der Waals surface area contributed by atoms with E-state index in [0.717, 1.165) is 16.8 Å². The highest BCUT2D eigenvalue weighted by Gasteiger charge is 2.56. The molecule has 16 nitrogen and oxygen atoms in total. The Labute approximate surface area is 177 Å². The first-order valence-electron chi connectivity index (χ1n) is 7.62. The normalized spacial score (nSPS) is 30.3. The number of nitrogens with one attached hydrogen (secondary N) is 1. The average Bonchev–Trinajstić information content (AvgIpc) is 2.82. The van der Waals surface area contributed by atoms with Gasteiger partial charge in [-0.05, 0) is 12.2 Å². The standard InChI is InChI=1S/C11H15N2O14P3S/c1-2-11(5-24-29(20,21)27-30(22,23)26-28(17,18)19)8(16)7(15)9(25-11)13-4-3-6(14)12-10(13)31/h1,3-4,7-9,15-16H,5H2,(H,20,21)(H,22,23)(H,12,14,31)(H2,17,18,19)/t7-,8?,9+,11+/m0/s1. The Bertz CT molecular complexity index is 1140. The van der Waals surface area contributed by atoms with Crippen LogP contribution in [0.1, 0.15) is 6.23 Å². The van der Waals surface area contributed by atoms with Crippen LogP contribution < -0.4 is 5.56 Å². The molecular formula is C11H15N2O14P3S. The van der Waals surface area contributed by atoms with Gasteiger partial charge in [-0.1, -0.05) is 5.92 Å². The van der Waals surface area contributed by atoms with E-state index in [2.05, 4.69) is 18.1 Å². The average molecular weight is 524 g/mol. The number of H-pyrrole nitrogens is 1. The molecule has 1 aromatic heterocycles. The molecule has 1 fully saturated rings.